The zero-order valence-electron chi connectivity index (χ0n) is 22.1. The number of nitrogens with one attached hydrogen (secondary N) is 1. The lowest BCUT2D eigenvalue weighted by atomic mass is 9.92. The van der Waals surface area contributed by atoms with Gasteiger partial charge < -0.3 is 28.4 Å². The van der Waals surface area contributed by atoms with Gasteiger partial charge in [0, 0.05) is 0 Å². The van der Waals surface area contributed by atoms with E-state index in [1.165, 1.54) is 18.7 Å². The molecule has 1 saturated heterocycles. The van der Waals surface area contributed by atoms with Crippen LogP contribution in [-0.2, 0) is 22.8 Å². The molecule has 0 aliphatic carbocycles. The van der Waals surface area contributed by atoms with Gasteiger partial charge >= 0.3 is 12.1 Å². The molecule has 0 aromatic carbocycles. The Morgan fingerprint density at radius 1 is 0.912 bits per heavy atom. The average molecular weight is 566 g/mol. The van der Waals surface area contributed by atoms with Crippen molar-refractivity contribution in [2.24, 2.45) is 0 Å². The Morgan fingerprint density at radius 3 is 1.68 bits per heavy atom. The van der Waals surface area contributed by atoms with Crippen LogP contribution in [0.3, 0.4) is 0 Å². The normalized spacial score (nSPS) is 29.0. The van der Waals surface area contributed by atoms with Gasteiger partial charge in [-0.3, -0.25) is 4.79 Å². The zero-order chi connectivity index (χ0) is 26.9. The molecule has 7 nitrogen and oxygen atoms in total. The van der Waals surface area contributed by atoms with Gasteiger partial charge in [-0.05, 0) is 72.1 Å². The van der Waals surface area contributed by atoms with Crippen LogP contribution in [0, 0.1) is 0 Å². The van der Waals surface area contributed by atoms with Crippen LogP contribution in [0.2, 0.25) is 58.9 Å². The summed E-state index contributed by atoms with van der Waals surface area (Å²) in [6.45, 7) is 19.4. The van der Waals surface area contributed by atoms with Crippen molar-refractivity contribution in [3.8, 4) is 0 Å². The molecule has 14 heteroatoms. The maximum Gasteiger partial charge on any atom is 0.471 e. The summed E-state index contributed by atoms with van der Waals surface area (Å²) in [5.74, 6) is -2.14. The van der Waals surface area contributed by atoms with Crippen molar-refractivity contribution in [2.45, 2.75) is 114 Å². The summed E-state index contributed by atoms with van der Waals surface area (Å²) in [6, 6.07) is -1.37. The molecular weight excluding hydrogens is 524 g/mol. The maximum absolute atomic E-state index is 13.1. The van der Waals surface area contributed by atoms with Gasteiger partial charge in [0.1, 0.15) is 29.9 Å². The predicted molar refractivity (Wildman–Crippen MR) is 136 cm³/mol. The van der Waals surface area contributed by atoms with Crippen molar-refractivity contribution < 1.29 is 41.1 Å². The molecule has 0 spiro atoms. The lowest BCUT2D eigenvalue weighted by Gasteiger charge is -2.52. The van der Waals surface area contributed by atoms with Crippen molar-refractivity contribution in [1.82, 2.24) is 5.32 Å². The van der Waals surface area contributed by atoms with Crippen LogP contribution in [-0.4, -0.2) is 90.4 Å². The number of aliphatic hydroxyl groups excluding tert-OH is 1. The summed E-state index contributed by atoms with van der Waals surface area (Å²) in [5.41, 5.74) is -0.594. The van der Waals surface area contributed by atoms with Crippen LogP contribution in [0.4, 0.5) is 13.2 Å². The van der Waals surface area contributed by atoms with Gasteiger partial charge in [-0.1, -0.05) is 0 Å². The number of hydrogen-bond donors (Lipinski definition) is 2. The third-order valence-corrected chi connectivity index (χ3v) is 8.44. The molecule has 0 radical (unpaired) electrons. The highest BCUT2D eigenvalue weighted by Crippen LogP contribution is 2.38. The summed E-state index contributed by atoms with van der Waals surface area (Å²) in [6.07, 6.45) is -7.74. The number of thioether (sulfide) groups is 1. The van der Waals surface area contributed by atoms with Crippen LogP contribution in [0.25, 0.3) is 0 Å². The lowest BCUT2D eigenvalue weighted by Crippen LogP contribution is -2.69. The number of aliphatic hydroxyl groups is 1. The van der Waals surface area contributed by atoms with E-state index in [9.17, 15) is 23.1 Å². The lowest BCUT2D eigenvalue weighted by molar-refractivity contribution is -0.202. The summed E-state index contributed by atoms with van der Waals surface area (Å²) >= 11 is 1.35. The first kappa shape index (κ1) is 32.1. The fraction of sp³-hybridized carbons (Fsp3) is 0.950. The third kappa shape index (κ3) is 10.2. The van der Waals surface area contributed by atoms with Crippen molar-refractivity contribution in [2.75, 3.05) is 6.26 Å². The molecule has 1 rings (SSSR count). The molecule has 1 aliphatic heterocycles. The summed E-state index contributed by atoms with van der Waals surface area (Å²) in [4.78, 5) is 11.8. The molecule has 1 amide bonds. The van der Waals surface area contributed by atoms with E-state index in [4.69, 9.17) is 18.0 Å². The third-order valence-electron chi connectivity index (χ3n) is 4.66. The van der Waals surface area contributed by atoms with Gasteiger partial charge in [-0.25, -0.2) is 0 Å². The van der Waals surface area contributed by atoms with E-state index < -0.39 is 79.0 Å². The SMILES string of the molecule is CSC1O[C@H]([C@H](NC(=O)C(F)(F)F)[C@@H](C)O)C(O[Si](C)(C)C)[C@@H](O[Si](C)(C)C)[C@H]1O[Si](C)(C)C. The van der Waals surface area contributed by atoms with E-state index in [1.807, 2.05) is 70.5 Å². The fourth-order valence-corrected chi connectivity index (χ4v) is 7.70. The van der Waals surface area contributed by atoms with Crippen LogP contribution < -0.4 is 5.32 Å². The molecule has 2 unspecified atom stereocenters. The number of halogens is 3. The fourth-order valence-electron chi connectivity index (χ4n) is 3.64. The smallest absolute Gasteiger partial charge is 0.409 e. The standard InChI is InChI=1S/C20H42F3NO6SSi3/c1-12(25)13(24-19(26)20(21,22)23)14-15(28-32(3,4)5)16(29-33(6,7)8)17(18(27-14)31-2)30-34(9,10)11/h12-18,25H,1-11H3,(H,24,26)/t12-,13-,14-,15?,16-,17-,18?/m1/s1. The monoisotopic (exact) mass is 565 g/mol. The molecule has 0 aromatic heterocycles. The maximum atomic E-state index is 13.1. The molecule has 2 N–H and O–H groups in total. The van der Waals surface area contributed by atoms with Gasteiger partial charge in [-0.2, -0.15) is 13.2 Å². The quantitative estimate of drug-likeness (QED) is 0.385. The van der Waals surface area contributed by atoms with E-state index in [0.29, 0.717) is 0 Å². The van der Waals surface area contributed by atoms with Crippen molar-refractivity contribution in [3.63, 3.8) is 0 Å². The highest BCUT2D eigenvalue weighted by molar-refractivity contribution is 7.99. The number of carbonyl (C=O) groups excluding carboxylic acids is 1. The van der Waals surface area contributed by atoms with Crippen LogP contribution in [0.5, 0.6) is 0 Å². The second-order valence-electron chi connectivity index (χ2n) is 11.5. The van der Waals surface area contributed by atoms with E-state index in [0.717, 1.165) is 0 Å². The van der Waals surface area contributed by atoms with Crippen LogP contribution >= 0.6 is 11.8 Å². The molecule has 0 saturated carbocycles. The van der Waals surface area contributed by atoms with Crippen LogP contribution in [0.15, 0.2) is 0 Å². The summed E-state index contributed by atoms with van der Waals surface area (Å²) in [7, 11) is -6.59. The molecule has 34 heavy (non-hydrogen) atoms. The highest BCUT2D eigenvalue weighted by atomic mass is 32.2. The van der Waals surface area contributed by atoms with Gasteiger partial charge in [0.15, 0.2) is 25.0 Å². The Morgan fingerprint density at radius 2 is 1.32 bits per heavy atom. The van der Waals surface area contributed by atoms with Crippen molar-refractivity contribution in [3.05, 3.63) is 0 Å². The number of ether oxygens (including phenoxy) is 1. The Bertz CT molecular complexity index is 682. The van der Waals surface area contributed by atoms with Gasteiger partial charge in [0.2, 0.25) is 0 Å². The number of amides is 1. The molecule has 202 valence electrons. The van der Waals surface area contributed by atoms with Gasteiger partial charge in [0.25, 0.3) is 0 Å². The Kier molecular flexibility index (Phi) is 11.0. The zero-order valence-corrected chi connectivity index (χ0v) is 25.9. The van der Waals surface area contributed by atoms with Crippen molar-refractivity contribution in [1.29, 1.82) is 0 Å². The first-order valence-corrected chi connectivity index (χ1v) is 22.8. The molecule has 0 bridgehead atoms. The molecule has 7 atom stereocenters. The predicted octanol–water partition coefficient (Wildman–Crippen LogP) is 4.16. The molecule has 1 aliphatic rings. The van der Waals surface area contributed by atoms with Crippen molar-refractivity contribution >= 4 is 42.6 Å². The number of alkyl halides is 3. The van der Waals surface area contributed by atoms with E-state index in [2.05, 4.69) is 0 Å². The minimum Gasteiger partial charge on any atom is -0.409 e. The number of carbonyl (C=O) groups is 1. The van der Waals surface area contributed by atoms with Gasteiger partial charge in [-0.15, -0.1) is 11.8 Å². The van der Waals surface area contributed by atoms with E-state index in [1.54, 1.807) is 0 Å². The minimum atomic E-state index is -5.10. The second kappa shape index (κ2) is 11.6. The summed E-state index contributed by atoms with van der Waals surface area (Å²) < 4.78 is 65.2. The summed E-state index contributed by atoms with van der Waals surface area (Å²) in [5, 5.41) is 12.4. The van der Waals surface area contributed by atoms with Crippen LogP contribution in [0.1, 0.15) is 6.92 Å². The molecular formula is C20H42F3NO6SSi3. The number of rotatable bonds is 10. The van der Waals surface area contributed by atoms with E-state index in [-0.39, 0.29) is 0 Å². The number of hydrogen-bond acceptors (Lipinski definition) is 7. The largest absolute Gasteiger partial charge is 0.471 e. The first-order chi connectivity index (χ1) is 15.1. The van der Waals surface area contributed by atoms with Gasteiger partial charge in [0.05, 0.1) is 12.1 Å². The van der Waals surface area contributed by atoms with E-state index >= 15 is 0 Å². The average Bonchev–Trinajstić information content (AvgIpc) is 2.58. The first-order valence-electron chi connectivity index (χ1n) is 11.3. The molecule has 1 fully saturated rings. The Labute approximate surface area is 209 Å². The topological polar surface area (TPSA) is 86.3 Å². The molecule has 1 heterocycles. The Hall–Kier alpha value is 0.0606. The Balaban J connectivity index is 3.62. The molecule has 0 aromatic rings. The second-order valence-corrected chi connectivity index (χ2v) is 25.8. The minimum absolute atomic E-state index is 0.529. The highest BCUT2D eigenvalue weighted by Gasteiger charge is 2.55.